The summed E-state index contributed by atoms with van der Waals surface area (Å²) in [5.41, 5.74) is 9.21. The largest absolute Gasteiger partial charge is 0.409 e. The summed E-state index contributed by atoms with van der Waals surface area (Å²) in [5, 5.41) is 2.05. The monoisotopic (exact) mass is 588 g/mol. The summed E-state index contributed by atoms with van der Waals surface area (Å²) in [5.74, 6) is 7.11. The van der Waals surface area contributed by atoms with Crippen LogP contribution in [0.25, 0.3) is 0 Å². The second-order valence-corrected chi connectivity index (χ2v) is 24.6. The lowest BCUT2D eigenvalue weighted by Gasteiger charge is -2.36. The SMILES string of the molecule is C[Si](C)(C)C#CC(O[Si](OC(C#C[Si](C)(C)C)c1ccccc1)(c1ccccc1)c1ccccc1)c1ccccc1. The summed E-state index contributed by atoms with van der Waals surface area (Å²) in [7, 11) is -6.79. The molecule has 4 aromatic rings. The predicted molar refractivity (Wildman–Crippen MR) is 181 cm³/mol. The summed E-state index contributed by atoms with van der Waals surface area (Å²) in [6.07, 6.45) is -0.923. The van der Waals surface area contributed by atoms with Crippen LogP contribution in [0.15, 0.2) is 121 Å². The van der Waals surface area contributed by atoms with E-state index in [2.05, 4.69) is 135 Å². The number of benzene rings is 4. The third-order valence-corrected chi connectivity index (χ3v) is 11.3. The second kappa shape index (κ2) is 13.5. The molecule has 0 radical (unpaired) electrons. The van der Waals surface area contributed by atoms with Crippen molar-refractivity contribution in [2.75, 3.05) is 0 Å². The molecule has 0 aliphatic carbocycles. The minimum Gasteiger partial charge on any atom is -0.369 e. The van der Waals surface area contributed by atoms with Crippen molar-refractivity contribution in [2.45, 2.75) is 51.5 Å². The van der Waals surface area contributed by atoms with Crippen molar-refractivity contribution in [3.8, 4) is 22.9 Å². The molecule has 0 aromatic heterocycles. The molecule has 0 aliphatic heterocycles. The van der Waals surface area contributed by atoms with Crippen LogP contribution in [0.1, 0.15) is 23.3 Å². The van der Waals surface area contributed by atoms with Crippen molar-refractivity contribution in [3.05, 3.63) is 132 Å². The van der Waals surface area contributed by atoms with Gasteiger partial charge in [0.2, 0.25) is 0 Å². The van der Waals surface area contributed by atoms with E-state index in [0.29, 0.717) is 0 Å². The maximum atomic E-state index is 7.38. The summed E-state index contributed by atoms with van der Waals surface area (Å²) in [6.45, 7) is 13.6. The third-order valence-electron chi connectivity index (χ3n) is 6.24. The van der Waals surface area contributed by atoms with Crippen LogP contribution in [0.5, 0.6) is 0 Å². The van der Waals surface area contributed by atoms with Crippen LogP contribution in [-0.2, 0) is 8.85 Å². The van der Waals surface area contributed by atoms with Gasteiger partial charge in [0.25, 0.3) is 0 Å². The smallest absolute Gasteiger partial charge is 0.369 e. The normalized spacial score (nSPS) is 13.2. The minimum atomic E-state index is -3.41. The highest BCUT2D eigenvalue weighted by atomic mass is 28.4. The molecule has 2 nitrogen and oxygen atoms in total. The molecule has 0 saturated heterocycles. The standard InChI is InChI=1S/C36H40O2Si3/c1-39(2,3)29-27-35(31-19-11-7-12-20-31)37-41(33-23-15-9-16-24-33,34-25-17-10-18-26-34)38-36(28-30-40(4,5)6)32-21-13-8-14-22-32/h7-26,35-36H,1-6H3. The summed E-state index contributed by atoms with van der Waals surface area (Å²) < 4.78 is 14.8. The second-order valence-electron chi connectivity index (χ2n) is 12.2. The molecule has 4 rings (SSSR count). The Morgan fingerprint density at radius 3 is 1.02 bits per heavy atom. The highest BCUT2D eigenvalue weighted by Gasteiger charge is 2.47. The molecule has 5 heteroatoms. The zero-order valence-corrected chi connectivity index (χ0v) is 28.0. The Labute approximate surface area is 250 Å². The van der Waals surface area contributed by atoms with Crippen molar-refractivity contribution >= 4 is 35.1 Å². The minimum absolute atomic E-state index is 0.462. The lowest BCUT2D eigenvalue weighted by molar-refractivity contribution is 0.141. The lowest BCUT2D eigenvalue weighted by Crippen LogP contribution is -2.64. The maximum absolute atomic E-state index is 7.38. The number of rotatable bonds is 8. The molecule has 4 aromatic carbocycles. The topological polar surface area (TPSA) is 18.5 Å². The van der Waals surface area contributed by atoms with E-state index in [9.17, 15) is 0 Å². The van der Waals surface area contributed by atoms with E-state index < -0.39 is 36.9 Å². The molecular weight excluding hydrogens is 549 g/mol. The first-order valence-electron chi connectivity index (χ1n) is 14.2. The molecule has 0 aliphatic rings. The molecule has 0 spiro atoms. The molecule has 208 valence electrons. The van der Waals surface area contributed by atoms with Gasteiger partial charge in [0.1, 0.15) is 28.4 Å². The van der Waals surface area contributed by atoms with Gasteiger partial charge in [-0.05, 0) is 21.5 Å². The van der Waals surface area contributed by atoms with E-state index in [-0.39, 0.29) is 0 Å². The fourth-order valence-electron chi connectivity index (χ4n) is 4.30. The van der Waals surface area contributed by atoms with Crippen LogP contribution in [0.2, 0.25) is 39.3 Å². The van der Waals surface area contributed by atoms with Crippen LogP contribution in [0.4, 0.5) is 0 Å². The molecule has 2 atom stereocenters. The lowest BCUT2D eigenvalue weighted by atomic mass is 10.1. The van der Waals surface area contributed by atoms with Gasteiger partial charge in [-0.15, -0.1) is 11.1 Å². The summed E-state index contributed by atoms with van der Waals surface area (Å²) in [6, 6.07) is 41.4. The molecular formula is C36H40O2Si3. The number of hydrogen-bond acceptors (Lipinski definition) is 2. The molecule has 41 heavy (non-hydrogen) atoms. The van der Waals surface area contributed by atoms with E-state index in [0.717, 1.165) is 21.5 Å². The van der Waals surface area contributed by atoms with Gasteiger partial charge in [-0.2, -0.15) is 0 Å². The van der Waals surface area contributed by atoms with Gasteiger partial charge in [-0.3, -0.25) is 0 Å². The van der Waals surface area contributed by atoms with Gasteiger partial charge in [0.15, 0.2) is 0 Å². The molecule has 2 unspecified atom stereocenters. The Balaban J connectivity index is 1.98. The van der Waals surface area contributed by atoms with Gasteiger partial charge >= 0.3 is 8.56 Å². The van der Waals surface area contributed by atoms with Crippen LogP contribution >= 0.6 is 0 Å². The Morgan fingerprint density at radius 1 is 0.439 bits per heavy atom. The Hall–Kier alpha value is -3.43. The third kappa shape index (κ3) is 8.78. The molecule has 0 bridgehead atoms. The van der Waals surface area contributed by atoms with E-state index in [1.165, 1.54) is 0 Å². The van der Waals surface area contributed by atoms with Gasteiger partial charge < -0.3 is 8.85 Å². The number of hydrogen-bond donors (Lipinski definition) is 0. The van der Waals surface area contributed by atoms with E-state index in [1.54, 1.807) is 0 Å². The summed E-state index contributed by atoms with van der Waals surface area (Å²) in [4.78, 5) is 0. The highest BCUT2D eigenvalue weighted by Crippen LogP contribution is 2.29. The van der Waals surface area contributed by atoms with Crippen LogP contribution < -0.4 is 10.4 Å². The van der Waals surface area contributed by atoms with Crippen molar-refractivity contribution in [3.63, 3.8) is 0 Å². The van der Waals surface area contributed by atoms with Crippen LogP contribution in [0, 0.1) is 22.9 Å². The van der Waals surface area contributed by atoms with Crippen molar-refractivity contribution < 1.29 is 8.85 Å². The van der Waals surface area contributed by atoms with E-state index >= 15 is 0 Å². The van der Waals surface area contributed by atoms with Crippen LogP contribution in [0.3, 0.4) is 0 Å². The zero-order chi connectivity index (χ0) is 29.3. The van der Waals surface area contributed by atoms with Crippen LogP contribution in [-0.4, -0.2) is 24.7 Å². The highest BCUT2D eigenvalue weighted by molar-refractivity contribution is 6.92. The van der Waals surface area contributed by atoms with Gasteiger partial charge in [0.05, 0.1) is 0 Å². The average molecular weight is 589 g/mol. The first-order valence-corrected chi connectivity index (χ1v) is 23.0. The quantitative estimate of drug-likeness (QED) is 0.157. The van der Waals surface area contributed by atoms with Crippen molar-refractivity contribution in [1.82, 2.24) is 0 Å². The average Bonchev–Trinajstić information content (AvgIpc) is 2.97. The Bertz CT molecular complexity index is 1380. The van der Waals surface area contributed by atoms with E-state index in [1.807, 2.05) is 48.5 Å². The molecule has 0 saturated carbocycles. The van der Waals surface area contributed by atoms with Crippen molar-refractivity contribution in [1.29, 1.82) is 0 Å². The fraction of sp³-hybridized carbons (Fsp3) is 0.222. The molecule has 0 fully saturated rings. The van der Waals surface area contributed by atoms with E-state index in [4.69, 9.17) is 8.85 Å². The van der Waals surface area contributed by atoms with Crippen molar-refractivity contribution in [2.24, 2.45) is 0 Å². The predicted octanol–water partition coefficient (Wildman–Crippen LogP) is 7.52. The van der Waals surface area contributed by atoms with Gasteiger partial charge in [0, 0.05) is 0 Å². The Morgan fingerprint density at radius 2 is 0.732 bits per heavy atom. The first-order chi connectivity index (χ1) is 19.6. The summed E-state index contributed by atoms with van der Waals surface area (Å²) >= 11 is 0. The molecule has 0 heterocycles. The van der Waals surface area contributed by atoms with Gasteiger partial charge in [-0.1, -0.05) is 172 Å². The molecule has 0 N–H and O–H groups in total. The Kier molecular flexibility index (Phi) is 10.0. The zero-order valence-electron chi connectivity index (χ0n) is 25.0. The van der Waals surface area contributed by atoms with Gasteiger partial charge in [-0.25, -0.2) is 0 Å². The maximum Gasteiger partial charge on any atom is 0.409 e. The first kappa shape index (κ1) is 30.5. The fourth-order valence-corrected chi connectivity index (χ4v) is 8.67. The molecule has 0 amide bonds.